The molecule has 0 spiro atoms. The van der Waals surface area contributed by atoms with Gasteiger partial charge in [0.05, 0.1) is 29.4 Å². The number of nitrogens with one attached hydrogen (secondary N) is 2. The molecule has 0 saturated carbocycles. The Bertz CT molecular complexity index is 806. The first-order chi connectivity index (χ1) is 12.1. The quantitative estimate of drug-likeness (QED) is 0.782. The summed E-state index contributed by atoms with van der Waals surface area (Å²) >= 11 is 0. The topological polar surface area (TPSA) is 98.3 Å². The Hall–Kier alpha value is -2.67. The highest BCUT2D eigenvalue weighted by Gasteiger charge is 2.30. The van der Waals surface area contributed by atoms with Crippen LogP contribution in [0.2, 0.25) is 0 Å². The number of aromatic amines is 1. The average Bonchev–Trinajstić information content (AvgIpc) is 3.30. The number of carbonyl (C=O) groups is 2. The Morgan fingerprint density at radius 1 is 1.24 bits per heavy atom. The van der Waals surface area contributed by atoms with Crippen LogP contribution in [0.1, 0.15) is 28.2 Å². The van der Waals surface area contributed by atoms with E-state index in [-0.39, 0.29) is 17.4 Å². The second kappa shape index (κ2) is 6.33. The summed E-state index contributed by atoms with van der Waals surface area (Å²) < 4.78 is 0. The summed E-state index contributed by atoms with van der Waals surface area (Å²) in [4.78, 5) is 33.4. The Morgan fingerprint density at radius 3 is 2.72 bits per heavy atom. The van der Waals surface area contributed by atoms with Crippen LogP contribution in [0.3, 0.4) is 0 Å². The first-order valence-electron chi connectivity index (χ1n) is 8.53. The maximum atomic E-state index is 12.6. The van der Waals surface area contributed by atoms with Gasteiger partial charge in [0.15, 0.2) is 0 Å². The first-order valence-corrected chi connectivity index (χ1v) is 8.53. The molecule has 2 aromatic rings. The number of hydrogen-bond acceptors (Lipinski definition) is 4. The van der Waals surface area contributed by atoms with Crippen molar-refractivity contribution in [3.05, 3.63) is 41.2 Å². The van der Waals surface area contributed by atoms with Gasteiger partial charge in [-0.25, -0.2) is 9.78 Å². The third-order valence-electron chi connectivity index (χ3n) is 4.96. The number of carboxylic acid groups (broad SMARTS) is 1. The number of hydrogen-bond donors (Lipinski definition) is 3. The molecule has 4 rings (SSSR count). The minimum Gasteiger partial charge on any atom is -0.478 e. The summed E-state index contributed by atoms with van der Waals surface area (Å²) in [7, 11) is 0. The molecule has 0 bridgehead atoms. The minimum atomic E-state index is -0.944. The fraction of sp³-hybridized carbons (Fsp3) is 0.389. The molecule has 3 heterocycles. The molecule has 1 aromatic carbocycles. The molecule has 25 heavy (non-hydrogen) atoms. The van der Waals surface area contributed by atoms with E-state index in [4.69, 9.17) is 5.11 Å². The van der Waals surface area contributed by atoms with Crippen molar-refractivity contribution in [2.75, 3.05) is 19.6 Å². The normalized spacial score (nSPS) is 19.7. The molecule has 3 N–H and O–H groups in total. The van der Waals surface area contributed by atoms with Gasteiger partial charge in [0.2, 0.25) is 5.91 Å². The smallest absolute Gasteiger partial charge is 0.335 e. The Kier molecular flexibility index (Phi) is 4.01. The van der Waals surface area contributed by atoms with Gasteiger partial charge >= 0.3 is 5.97 Å². The van der Waals surface area contributed by atoms with Crippen LogP contribution in [0.25, 0.3) is 11.4 Å². The minimum absolute atomic E-state index is 0.0903. The SMILES string of the molecule is O=C(O)c1ccc(-c2nc3c([nH]2)CN(C(=O)[C@H]2CCNC2)CC3)cc1. The van der Waals surface area contributed by atoms with Gasteiger partial charge in [-0.1, -0.05) is 12.1 Å². The Balaban J connectivity index is 1.52. The number of aromatic nitrogens is 2. The van der Waals surface area contributed by atoms with Crippen molar-refractivity contribution < 1.29 is 14.7 Å². The highest BCUT2D eigenvalue weighted by molar-refractivity contribution is 5.88. The number of amides is 1. The van der Waals surface area contributed by atoms with E-state index in [1.807, 2.05) is 4.90 Å². The maximum absolute atomic E-state index is 12.6. The summed E-state index contributed by atoms with van der Waals surface area (Å²) in [5.41, 5.74) is 3.06. The molecule has 7 nitrogen and oxygen atoms in total. The summed E-state index contributed by atoms with van der Waals surface area (Å²) in [6.07, 6.45) is 1.65. The predicted octanol–water partition coefficient (Wildman–Crippen LogP) is 1.27. The predicted molar refractivity (Wildman–Crippen MR) is 91.1 cm³/mol. The van der Waals surface area contributed by atoms with E-state index in [1.165, 1.54) is 0 Å². The first kappa shape index (κ1) is 15.8. The van der Waals surface area contributed by atoms with Crippen LogP contribution < -0.4 is 5.32 Å². The van der Waals surface area contributed by atoms with E-state index in [0.717, 1.165) is 48.7 Å². The van der Waals surface area contributed by atoms with Crippen LogP contribution in [-0.2, 0) is 17.8 Å². The van der Waals surface area contributed by atoms with Gasteiger partial charge in [-0.05, 0) is 25.1 Å². The van der Waals surface area contributed by atoms with Crippen LogP contribution in [-0.4, -0.2) is 51.5 Å². The highest BCUT2D eigenvalue weighted by atomic mass is 16.4. The summed E-state index contributed by atoms with van der Waals surface area (Å²) in [6.45, 7) is 2.94. The summed E-state index contributed by atoms with van der Waals surface area (Å²) in [5, 5.41) is 12.2. The second-order valence-electron chi connectivity index (χ2n) is 6.59. The van der Waals surface area contributed by atoms with Crippen molar-refractivity contribution in [3.63, 3.8) is 0 Å². The fourth-order valence-electron chi connectivity index (χ4n) is 3.51. The summed E-state index contributed by atoms with van der Waals surface area (Å²) in [6, 6.07) is 6.64. The number of aromatic carboxylic acids is 1. The highest BCUT2D eigenvalue weighted by Crippen LogP contribution is 2.24. The molecular weight excluding hydrogens is 320 g/mol. The third kappa shape index (κ3) is 3.02. The van der Waals surface area contributed by atoms with Crippen LogP contribution in [0.4, 0.5) is 0 Å². The lowest BCUT2D eigenvalue weighted by atomic mass is 10.0. The molecule has 1 fully saturated rings. The lowest BCUT2D eigenvalue weighted by Gasteiger charge is -2.28. The molecule has 1 aromatic heterocycles. The zero-order valence-corrected chi connectivity index (χ0v) is 13.8. The molecule has 2 aliphatic rings. The van der Waals surface area contributed by atoms with Crippen molar-refractivity contribution in [2.45, 2.75) is 19.4 Å². The molecule has 2 aliphatic heterocycles. The van der Waals surface area contributed by atoms with E-state index in [1.54, 1.807) is 24.3 Å². The Labute approximate surface area is 145 Å². The number of H-pyrrole nitrogens is 1. The zero-order chi connectivity index (χ0) is 17.4. The lowest BCUT2D eigenvalue weighted by molar-refractivity contribution is -0.135. The standard InChI is InChI=1S/C18H20N4O3/c23-17(13-5-7-19-9-13)22-8-6-14-15(10-22)21-16(20-14)11-1-3-12(4-2-11)18(24)25/h1-4,13,19H,5-10H2,(H,20,21)(H,24,25)/t13-/m0/s1. The molecule has 1 amide bonds. The number of benzene rings is 1. The molecule has 0 aliphatic carbocycles. The lowest BCUT2D eigenvalue weighted by Crippen LogP contribution is -2.40. The maximum Gasteiger partial charge on any atom is 0.335 e. The molecule has 130 valence electrons. The number of nitrogens with zero attached hydrogens (tertiary/aromatic N) is 2. The van der Waals surface area contributed by atoms with Gasteiger partial charge in [0, 0.05) is 25.1 Å². The van der Waals surface area contributed by atoms with Crippen molar-refractivity contribution in [3.8, 4) is 11.4 Å². The number of carboxylic acids is 1. The summed E-state index contributed by atoms with van der Waals surface area (Å²) in [5.74, 6) is 0.0877. The molecule has 0 unspecified atom stereocenters. The number of fused-ring (bicyclic) bond motifs is 1. The van der Waals surface area contributed by atoms with E-state index in [2.05, 4.69) is 15.3 Å². The number of rotatable bonds is 3. The van der Waals surface area contributed by atoms with Crippen molar-refractivity contribution in [2.24, 2.45) is 5.92 Å². The van der Waals surface area contributed by atoms with E-state index in [9.17, 15) is 9.59 Å². The molecular formula is C18H20N4O3. The fourth-order valence-corrected chi connectivity index (χ4v) is 3.51. The molecule has 1 saturated heterocycles. The largest absolute Gasteiger partial charge is 0.478 e. The van der Waals surface area contributed by atoms with E-state index >= 15 is 0 Å². The average molecular weight is 340 g/mol. The van der Waals surface area contributed by atoms with Crippen LogP contribution in [0.5, 0.6) is 0 Å². The van der Waals surface area contributed by atoms with Crippen molar-refractivity contribution in [1.29, 1.82) is 0 Å². The van der Waals surface area contributed by atoms with Crippen molar-refractivity contribution in [1.82, 2.24) is 20.2 Å². The van der Waals surface area contributed by atoms with Gasteiger partial charge in [-0.3, -0.25) is 4.79 Å². The van der Waals surface area contributed by atoms with Gasteiger partial charge in [0.1, 0.15) is 5.82 Å². The van der Waals surface area contributed by atoms with Gasteiger partial charge in [-0.15, -0.1) is 0 Å². The Morgan fingerprint density at radius 2 is 2.04 bits per heavy atom. The van der Waals surface area contributed by atoms with Gasteiger partial charge in [0.25, 0.3) is 0 Å². The molecule has 1 atom stereocenters. The van der Waals surface area contributed by atoms with E-state index in [0.29, 0.717) is 13.1 Å². The van der Waals surface area contributed by atoms with Crippen LogP contribution in [0, 0.1) is 5.92 Å². The van der Waals surface area contributed by atoms with Crippen LogP contribution in [0.15, 0.2) is 24.3 Å². The van der Waals surface area contributed by atoms with Crippen molar-refractivity contribution >= 4 is 11.9 Å². The zero-order valence-electron chi connectivity index (χ0n) is 13.8. The van der Waals surface area contributed by atoms with Gasteiger partial charge < -0.3 is 20.3 Å². The van der Waals surface area contributed by atoms with E-state index < -0.39 is 5.97 Å². The second-order valence-corrected chi connectivity index (χ2v) is 6.59. The number of carbonyl (C=O) groups excluding carboxylic acids is 1. The molecule has 0 radical (unpaired) electrons. The number of imidazole rings is 1. The third-order valence-corrected chi connectivity index (χ3v) is 4.96. The molecule has 7 heteroatoms. The van der Waals surface area contributed by atoms with Crippen LogP contribution >= 0.6 is 0 Å². The van der Waals surface area contributed by atoms with Gasteiger partial charge in [-0.2, -0.15) is 0 Å². The monoisotopic (exact) mass is 340 g/mol.